The molecule has 9 nitrogen and oxygen atoms in total. The third-order valence-corrected chi connectivity index (χ3v) is 7.13. The Bertz CT molecular complexity index is 1550. The van der Waals surface area contributed by atoms with Crippen LogP contribution in [0.4, 0.5) is 20.6 Å². The molecule has 0 unspecified atom stereocenters. The number of hydrogen-bond acceptors (Lipinski definition) is 6. The van der Waals surface area contributed by atoms with Crippen molar-refractivity contribution in [1.29, 1.82) is 0 Å². The molecule has 4 heterocycles. The average Bonchev–Trinajstić information content (AvgIpc) is 3.47. The summed E-state index contributed by atoms with van der Waals surface area (Å²) < 4.78 is 25.5. The van der Waals surface area contributed by atoms with Crippen molar-refractivity contribution < 1.29 is 23.5 Å². The van der Waals surface area contributed by atoms with Crippen LogP contribution in [0.5, 0.6) is 5.75 Å². The number of pyridine rings is 1. The molecule has 0 radical (unpaired) electrons. The smallest absolute Gasteiger partial charge is 0.411 e. The fraction of sp³-hybridized carbons (Fsp3) is 0.387. The third kappa shape index (κ3) is 5.71. The van der Waals surface area contributed by atoms with E-state index < -0.39 is 11.4 Å². The maximum atomic E-state index is 14.5. The predicted molar refractivity (Wildman–Crippen MR) is 154 cm³/mol. The number of likely N-dealkylation sites (tertiary alicyclic amines) is 1. The van der Waals surface area contributed by atoms with Crippen LogP contribution in [0.25, 0.3) is 11.3 Å². The predicted octanol–water partition coefficient (Wildman–Crippen LogP) is 5.39. The molecule has 0 saturated carbocycles. The highest BCUT2D eigenvalue weighted by atomic mass is 19.1. The van der Waals surface area contributed by atoms with Crippen molar-refractivity contribution in [2.24, 2.45) is 0 Å². The number of H-pyrrole nitrogens is 1. The molecule has 5 rings (SSSR count). The molecule has 2 amide bonds. The molecular weight excluding hydrogens is 525 g/mol. The second kappa shape index (κ2) is 11.2. The Hall–Kier alpha value is -4.52. The molecule has 2 atom stereocenters. The summed E-state index contributed by atoms with van der Waals surface area (Å²) in [4.78, 5) is 35.4. The largest absolute Gasteiger partial charge is 0.492 e. The van der Waals surface area contributed by atoms with Gasteiger partial charge in [0.2, 0.25) is 0 Å². The van der Waals surface area contributed by atoms with Gasteiger partial charge in [-0.05, 0) is 58.7 Å². The first-order valence-electron chi connectivity index (χ1n) is 13.7. The van der Waals surface area contributed by atoms with Crippen LogP contribution in [0.2, 0.25) is 0 Å². The Balaban J connectivity index is 1.56. The quantitative estimate of drug-likeness (QED) is 0.370. The van der Waals surface area contributed by atoms with Gasteiger partial charge >= 0.3 is 6.09 Å². The number of benzene rings is 1. The maximum Gasteiger partial charge on any atom is 0.411 e. The minimum atomic E-state index is -0.610. The lowest BCUT2D eigenvalue weighted by Gasteiger charge is -2.29. The van der Waals surface area contributed by atoms with Gasteiger partial charge in [0.05, 0.1) is 41.3 Å². The number of para-hydroxylation sites is 1. The molecule has 0 bridgehead atoms. The van der Waals surface area contributed by atoms with Gasteiger partial charge in [-0.3, -0.25) is 14.7 Å². The van der Waals surface area contributed by atoms with E-state index in [1.54, 1.807) is 29.4 Å². The fourth-order valence-corrected chi connectivity index (χ4v) is 5.28. The van der Waals surface area contributed by atoms with Crippen molar-refractivity contribution in [3.63, 3.8) is 0 Å². The van der Waals surface area contributed by atoms with Crippen molar-refractivity contribution in [2.45, 2.75) is 64.6 Å². The fourth-order valence-electron chi connectivity index (χ4n) is 5.28. The minimum Gasteiger partial charge on any atom is -0.492 e. The van der Waals surface area contributed by atoms with Crippen molar-refractivity contribution >= 4 is 23.4 Å². The second-order valence-electron chi connectivity index (χ2n) is 11.2. The van der Waals surface area contributed by atoms with Gasteiger partial charge in [-0.2, -0.15) is 0 Å². The van der Waals surface area contributed by atoms with Gasteiger partial charge in [-0.15, -0.1) is 0 Å². The van der Waals surface area contributed by atoms with Gasteiger partial charge in [0, 0.05) is 42.7 Å². The Morgan fingerprint density at radius 1 is 1.24 bits per heavy atom. The number of anilines is 2. The van der Waals surface area contributed by atoms with E-state index in [1.165, 1.54) is 13.2 Å². The Labute approximate surface area is 238 Å². The summed E-state index contributed by atoms with van der Waals surface area (Å²) >= 11 is 0. The van der Waals surface area contributed by atoms with E-state index in [0.29, 0.717) is 46.7 Å². The number of ether oxygens (including phenoxy) is 2. The number of nitrogens with one attached hydrogen (secondary N) is 3. The summed E-state index contributed by atoms with van der Waals surface area (Å²) in [6, 6.07) is 6.07. The van der Waals surface area contributed by atoms with Gasteiger partial charge in [-0.1, -0.05) is 17.9 Å². The average molecular weight is 560 g/mol. The molecule has 1 aromatic carbocycles. The van der Waals surface area contributed by atoms with Crippen LogP contribution in [0.3, 0.4) is 0 Å². The van der Waals surface area contributed by atoms with Crippen LogP contribution < -0.4 is 15.4 Å². The van der Waals surface area contributed by atoms with Crippen LogP contribution >= 0.6 is 0 Å². The molecule has 2 aromatic heterocycles. The van der Waals surface area contributed by atoms with Crippen LogP contribution in [0, 0.1) is 17.7 Å². The van der Waals surface area contributed by atoms with Gasteiger partial charge in [0.1, 0.15) is 5.60 Å². The number of methoxy groups -OCH3 is 1. The molecule has 3 N–H and O–H groups in total. The topological polar surface area (TPSA) is 109 Å². The molecule has 2 aliphatic heterocycles. The summed E-state index contributed by atoms with van der Waals surface area (Å²) in [6.07, 6.45) is 5.08. The number of carbonyl (C=O) groups excluding carboxylic acids is 2. The SMILES string of the molecule is COc1c(F)cccc1Nc1c(-c2ccncc2C#C[C@H]2CC[C@@H](C)N2C(=O)OC(C)(C)C)[nH]c2c1C(=O)NCC2. The highest BCUT2D eigenvalue weighted by molar-refractivity contribution is 6.06. The Morgan fingerprint density at radius 2 is 2.05 bits per heavy atom. The zero-order valence-corrected chi connectivity index (χ0v) is 23.9. The van der Waals surface area contributed by atoms with E-state index >= 15 is 0 Å². The summed E-state index contributed by atoms with van der Waals surface area (Å²) in [5.41, 5.74) is 3.41. The third-order valence-electron chi connectivity index (χ3n) is 7.13. The van der Waals surface area contributed by atoms with Crippen molar-refractivity contribution in [2.75, 3.05) is 19.0 Å². The second-order valence-corrected chi connectivity index (χ2v) is 11.2. The monoisotopic (exact) mass is 559 g/mol. The van der Waals surface area contributed by atoms with E-state index in [0.717, 1.165) is 18.5 Å². The van der Waals surface area contributed by atoms with Crippen LogP contribution in [-0.2, 0) is 11.2 Å². The summed E-state index contributed by atoms with van der Waals surface area (Å²) in [5.74, 6) is 5.79. The van der Waals surface area contributed by atoms with Crippen molar-refractivity contribution in [1.82, 2.24) is 20.2 Å². The first-order valence-corrected chi connectivity index (χ1v) is 13.7. The van der Waals surface area contributed by atoms with E-state index in [1.807, 2.05) is 33.8 Å². The van der Waals surface area contributed by atoms with Crippen molar-refractivity contribution in [3.8, 4) is 28.8 Å². The molecule has 214 valence electrons. The van der Waals surface area contributed by atoms with Crippen LogP contribution in [-0.4, -0.2) is 58.2 Å². The molecule has 1 fully saturated rings. The number of hydrogen-bond donors (Lipinski definition) is 3. The number of amides is 2. The molecule has 41 heavy (non-hydrogen) atoms. The van der Waals surface area contributed by atoms with Gasteiger partial charge in [-0.25, -0.2) is 9.18 Å². The minimum absolute atomic E-state index is 0.00298. The first kappa shape index (κ1) is 28.0. The molecule has 2 aliphatic rings. The van der Waals surface area contributed by atoms with E-state index in [2.05, 4.69) is 32.4 Å². The number of aromatic nitrogens is 2. The zero-order chi connectivity index (χ0) is 29.3. The molecular formula is C31H34FN5O4. The first-order chi connectivity index (χ1) is 19.6. The number of carbonyl (C=O) groups is 2. The molecule has 1 saturated heterocycles. The van der Waals surface area contributed by atoms with Crippen molar-refractivity contribution in [3.05, 3.63) is 59.3 Å². The molecule has 10 heteroatoms. The maximum absolute atomic E-state index is 14.5. The number of fused-ring (bicyclic) bond motifs is 1. The van der Waals surface area contributed by atoms with E-state index in [-0.39, 0.29) is 29.8 Å². The van der Waals surface area contributed by atoms with Gasteiger partial charge in [0.15, 0.2) is 11.6 Å². The molecule has 3 aromatic rings. The Kier molecular flexibility index (Phi) is 7.63. The summed E-state index contributed by atoms with van der Waals surface area (Å²) in [7, 11) is 1.39. The van der Waals surface area contributed by atoms with Crippen LogP contribution in [0.15, 0.2) is 36.7 Å². The Morgan fingerprint density at radius 3 is 2.80 bits per heavy atom. The standard InChI is InChI=1S/C31H34FN5O4/c1-18-9-11-20(37(18)30(39)41-31(2,3)4)12-10-19-17-33-15-13-21(19)26-27(25-23(35-26)14-16-34-29(25)38)36-24-8-6-7-22(32)28(24)40-5/h6-8,13,15,17-18,20,35-36H,9,11,14,16H2,1-5H3,(H,34,38)/t18-,20-/m1/s1. The normalized spacial score (nSPS) is 18.2. The highest BCUT2D eigenvalue weighted by Gasteiger charge is 2.36. The van der Waals surface area contributed by atoms with E-state index in [4.69, 9.17) is 9.47 Å². The lowest BCUT2D eigenvalue weighted by Crippen LogP contribution is -2.42. The lowest BCUT2D eigenvalue weighted by atomic mass is 10.0. The number of aromatic amines is 1. The molecule has 0 spiro atoms. The van der Waals surface area contributed by atoms with E-state index in [9.17, 15) is 14.0 Å². The number of rotatable bonds is 4. The number of halogens is 1. The highest BCUT2D eigenvalue weighted by Crippen LogP contribution is 2.40. The summed E-state index contributed by atoms with van der Waals surface area (Å²) in [5, 5.41) is 6.14. The number of nitrogens with zero attached hydrogens (tertiary/aromatic N) is 2. The summed E-state index contributed by atoms with van der Waals surface area (Å²) in [6.45, 7) is 8.02. The zero-order valence-electron chi connectivity index (χ0n) is 23.9. The molecule has 0 aliphatic carbocycles. The van der Waals surface area contributed by atoms with Gasteiger partial charge in [0.25, 0.3) is 5.91 Å². The van der Waals surface area contributed by atoms with Gasteiger partial charge < -0.3 is 25.1 Å². The van der Waals surface area contributed by atoms with Crippen LogP contribution in [0.1, 0.15) is 62.2 Å². The lowest BCUT2D eigenvalue weighted by molar-refractivity contribution is 0.0200.